The van der Waals surface area contributed by atoms with Gasteiger partial charge in [0.15, 0.2) is 0 Å². The van der Waals surface area contributed by atoms with Gasteiger partial charge in [0, 0.05) is 12.2 Å². The van der Waals surface area contributed by atoms with Crippen LogP contribution in [0.15, 0.2) is 24.3 Å². The lowest BCUT2D eigenvalue weighted by Gasteiger charge is -2.28. The highest BCUT2D eigenvalue weighted by molar-refractivity contribution is 5.89. The third-order valence-corrected chi connectivity index (χ3v) is 3.11. The quantitative estimate of drug-likeness (QED) is 0.644. The molecule has 7 nitrogen and oxygen atoms in total. The van der Waals surface area contributed by atoms with Gasteiger partial charge in [0.25, 0.3) is 0 Å². The van der Waals surface area contributed by atoms with Gasteiger partial charge in [-0.15, -0.1) is 0 Å². The molecule has 2 rings (SSSR count). The van der Waals surface area contributed by atoms with E-state index in [4.69, 9.17) is 4.74 Å². The zero-order chi connectivity index (χ0) is 15.2. The zero-order valence-corrected chi connectivity index (χ0v) is 11.8. The van der Waals surface area contributed by atoms with Crippen LogP contribution in [0.2, 0.25) is 0 Å². The Kier molecular flexibility index (Phi) is 5.13. The summed E-state index contributed by atoms with van der Waals surface area (Å²) in [6.07, 6.45) is -0.854. The molecule has 2 atom stereocenters. The Hall–Kier alpha value is -2.12. The Morgan fingerprint density at radius 3 is 2.81 bits per heavy atom. The monoisotopic (exact) mass is 293 g/mol. The topological polar surface area (TPSA) is 99.7 Å². The number of carbonyl (C=O) groups is 2. The van der Waals surface area contributed by atoms with Crippen LogP contribution < -0.4 is 16.0 Å². The van der Waals surface area contributed by atoms with Crippen molar-refractivity contribution in [2.75, 3.05) is 25.1 Å². The maximum absolute atomic E-state index is 11.4. The van der Waals surface area contributed by atoms with E-state index in [0.717, 1.165) is 0 Å². The molecule has 1 aromatic carbocycles. The van der Waals surface area contributed by atoms with Crippen molar-refractivity contribution in [3.8, 4) is 0 Å². The van der Waals surface area contributed by atoms with Gasteiger partial charge < -0.3 is 25.8 Å². The molecule has 0 radical (unpaired) electrons. The van der Waals surface area contributed by atoms with Crippen molar-refractivity contribution < 1.29 is 19.4 Å². The normalized spacial score (nSPS) is 19.5. The number of aliphatic hydroxyl groups is 1. The summed E-state index contributed by atoms with van der Waals surface area (Å²) in [5.74, 6) is -0.236. The Morgan fingerprint density at radius 2 is 2.19 bits per heavy atom. The van der Waals surface area contributed by atoms with Crippen LogP contribution in [-0.4, -0.2) is 42.8 Å². The highest BCUT2D eigenvalue weighted by Gasteiger charge is 2.26. The first kappa shape index (κ1) is 15.3. The molecular weight excluding hydrogens is 274 g/mol. The minimum atomic E-state index is -0.854. The first-order valence-electron chi connectivity index (χ1n) is 6.80. The standard InChI is InChI=1S/C14H19N3O4/c1-2-15-14(20)16-10-5-3-9(4-6-10)13(19)11-7-21-8-12(18)17-11/h3-6,11,13,19H,2,7-8H2,1H3,(H,17,18)(H2,15,16,20). The highest BCUT2D eigenvalue weighted by atomic mass is 16.5. The summed E-state index contributed by atoms with van der Waals surface area (Å²) >= 11 is 0. The lowest BCUT2D eigenvalue weighted by molar-refractivity contribution is -0.133. The Bertz CT molecular complexity index is 503. The molecular formula is C14H19N3O4. The number of ether oxygens (including phenoxy) is 1. The maximum atomic E-state index is 11.4. The third-order valence-electron chi connectivity index (χ3n) is 3.11. The van der Waals surface area contributed by atoms with Gasteiger partial charge >= 0.3 is 6.03 Å². The number of nitrogens with one attached hydrogen (secondary N) is 3. The van der Waals surface area contributed by atoms with Gasteiger partial charge in [0.1, 0.15) is 12.7 Å². The second kappa shape index (κ2) is 7.05. The molecule has 1 aliphatic heterocycles. The summed E-state index contributed by atoms with van der Waals surface area (Å²) < 4.78 is 5.10. The summed E-state index contributed by atoms with van der Waals surface area (Å²) in [4.78, 5) is 22.6. The van der Waals surface area contributed by atoms with E-state index in [9.17, 15) is 14.7 Å². The molecule has 0 spiro atoms. The number of carbonyl (C=O) groups excluding carboxylic acids is 2. The Morgan fingerprint density at radius 1 is 1.48 bits per heavy atom. The van der Waals surface area contributed by atoms with E-state index in [1.54, 1.807) is 24.3 Å². The minimum Gasteiger partial charge on any atom is -0.386 e. The van der Waals surface area contributed by atoms with Crippen LogP contribution in [0.4, 0.5) is 10.5 Å². The summed E-state index contributed by atoms with van der Waals surface area (Å²) in [5.41, 5.74) is 1.27. The number of anilines is 1. The predicted octanol–water partition coefficient (Wildman–Crippen LogP) is 0.376. The van der Waals surface area contributed by atoms with Gasteiger partial charge in [-0.25, -0.2) is 4.79 Å². The number of aliphatic hydroxyl groups excluding tert-OH is 1. The van der Waals surface area contributed by atoms with Gasteiger partial charge in [0.2, 0.25) is 5.91 Å². The van der Waals surface area contributed by atoms with Crippen molar-refractivity contribution >= 4 is 17.6 Å². The van der Waals surface area contributed by atoms with E-state index in [2.05, 4.69) is 16.0 Å². The molecule has 0 aromatic heterocycles. The lowest BCUT2D eigenvalue weighted by atomic mass is 10.0. The molecule has 2 unspecified atom stereocenters. The zero-order valence-electron chi connectivity index (χ0n) is 11.8. The highest BCUT2D eigenvalue weighted by Crippen LogP contribution is 2.20. The van der Waals surface area contributed by atoms with E-state index in [-0.39, 0.29) is 25.2 Å². The van der Waals surface area contributed by atoms with Crippen LogP contribution >= 0.6 is 0 Å². The maximum Gasteiger partial charge on any atom is 0.319 e. The van der Waals surface area contributed by atoms with Gasteiger partial charge in [0.05, 0.1) is 12.6 Å². The molecule has 0 saturated carbocycles. The third kappa shape index (κ3) is 4.17. The average Bonchev–Trinajstić information content (AvgIpc) is 2.47. The van der Waals surface area contributed by atoms with Crippen LogP contribution in [0.5, 0.6) is 0 Å². The number of hydrogen-bond acceptors (Lipinski definition) is 4. The number of urea groups is 1. The van der Waals surface area contributed by atoms with Crippen LogP contribution in [0.1, 0.15) is 18.6 Å². The first-order valence-corrected chi connectivity index (χ1v) is 6.80. The van der Waals surface area contributed by atoms with Crippen molar-refractivity contribution in [2.45, 2.75) is 19.1 Å². The van der Waals surface area contributed by atoms with E-state index in [1.807, 2.05) is 6.92 Å². The molecule has 7 heteroatoms. The molecule has 21 heavy (non-hydrogen) atoms. The van der Waals surface area contributed by atoms with Crippen molar-refractivity contribution in [1.29, 1.82) is 0 Å². The van der Waals surface area contributed by atoms with Crippen molar-refractivity contribution in [1.82, 2.24) is 10.6 Å². The van der Waals surface area contributed by atoms with Gasteiger partial charge in [-0.3, -0.25) is 4.79 Å². The second-order valence-electron chi connectivity index (χ2n) is 4.74. The molecule has 1 fully saturated rings. The Balaban J connectivity index is 1.97. The predicted molar refractivity (Wildman–Crippen MR) is 76.8 cm³/mol. The fourth-order valence-electron chi connectivity index (χ4n) is 2.07. The SMILES string of the molecule is CCNC(=O)Nc1ccc(C(O)C2COCC(=O)N2)cc1. The van der Waals surface area contributed by atoms with Gasteiger partial charge in [-0.05, 0) is 24.6 Å². The average molecular weight is 293 g/mol. The van der Waals surface area contributed by atoms with Gasteiger partial charge in [-0.2, -0.15) is 0 Å². The van der Waals surface area contributed by atoms with Crippen LogP contribution in [0, 0.1) is 0 Å². The number of benzene rings is 1. The van der Waals surface area contributed by atoms with E-state index in [1.165, 1.54) is 0 Å². The van der Waals surface area contributed by atoms with E-state index in [0.29, 0.717) is 17.8 Å². The number of morpholine rings is 1. The fraction of sp³-hybridized carbons (Fsp3) is 0.429. The van der Waals surface area contributed by atoms with Crippen LogP contribution in [0.3, 0.4) is 0 Å². The van der Waals surface area contributed by atoms with Crippen molar-refractivity contribution in [2.24, 2.45) is 0 Å². The molecule has 1 aromatic rings. The van der Waals surface area contributed by atoms with E-state index < -0.39 is 12.1 Å². The van der Waals surface area contributed by atoms with Crippen molar-refractivity contribution in [3.63, 3.8) is 0 Å². The molecule has 3 amide bonds. The minimum absolute atomic E-state index is 0.0264. The largest absolute Gasteiger partial charge is 0.386 e. The summed E-state index contributed by atoms with van der Waals surface area (Å²) in [6.45, 7) is 2.67. The van der Waals surface area contributed by atoms with Crippen LogP contribution in [0.25, 0.3) is 0 Å². The second-order valence-corrected chi connectivity index (χ2v) is 4.74. The molecule has 0 aliphatic carbocycles. The number of rotatable bonds is 4. The van der Waals surface area contributed by atoms with Gasteiger partial charge in [-0.1, -0.05) is 12.1 Å². The van der Waals surface area contributed by atoms with E-state index >= 15 is 0 Å². The first-order chi connectivity index (χ1) is 10.1. The summed E-state index contributed by atoms with van der Waals surface area (Å²) in [6, 6.07) is 6.05. The molecule has 1 aliphatic rings. The molecule has 1 saturated heterocycles. The summed E-state index contributed by atoms with van der Waals surface area (Å²) in [5, 5.41) is 18.2. The molecule has 1 heterocycles. The molecule has 4 N–H and O–H groups in total. The smallest absolute Gasteiger partial charge is 0.319 e. The Labute approximate surface area is 122 Å². The molecule has 114 valence electrons. The number of hydrogen-bond donors (Lipinski definition) is 4. The lowest BCUT2D eigenvalue weighted by Crippen LogP contribution is -2.48. The summed E-state index contributed by atoms with van der Waals surface area (Å²) in [7, 11) is 0. The fourth-order valence-corrected chi connectivity index (χ4v) is 2.07. The molecule has 0 bridgehead atoms. The number of amides is 3. The van der Waals surface area contributed by atoms with Crippen molar-refractivity contribution in [3.05, 3.63) is 29.8 Å². The van der Waals surface area contributed by atoms with Crippen LogP contribution in [-0.2, 0) is 9.53 Å².